The lowest BCUT2D eigenvalue weighted by Crippen LogP contribution is -2.46. The van der Waals surface area contributed by atoms with E-state index in [1.807, 2.05) is 12.1 Å². The van der Waals surface area contributed by atoms with Crippen LogP contribution in [0.4, 0.5) is 0 Å². The number of amides is 1. The van der Waals surface area contributed by atoms with Gasteiger partial charge in [0.2, 0.25) is 5.91 Å². The van der Waals surface area contributed by atoms with Crippen LogP contribution in [-0.4, -0.2) is 23.6 Å². The van der Waals surface area contributed by atoms with E-state index in [-0.39, 0.29) is 11.9 Å². The lowest BCUT2D eigenvalue weighted by atomic mass is 10.0. The largest absolute Gasteiger partial charge is 0.508 e. The molecular weight excluding hydrogens is 228 g/mol. The van der Waals surface area contributed by atoms with Crippen molar-refractivity contribution in [2.24, 2.45) is 0 Å². The molecule has 2 rings (SSSR count). The molecule has 98 valence electrons. The zero-order valence-electron chi connectivity index (χ0n) is 10.6. The SMILES string of the molecule is CCC(NC1CCC(=O)NC1)c1ccc(O)cc1. The Morgan fingerprint density at radius 2 is 2.17 bits per heavy atom. The fraction of sp³-hybridized carbons (Fsp3) is 0.500. The molecule has 0 radical (unpaired) electrons. The molecule has 2 unspecified atom stereocenters. The van der Waals surface area contributed by atoms with Gasteiger partial charge in [-0.15, -0.1) is 0 Å². The van der Waals surface area contributed by atoms with Crippen LogP contribution in [0.15, 0.2) is 24.3 Å². The standard InChI is InChI=1S/C14H20N2O2/c1-2-13(10-3-6-12(17)7-4-10)16-11-5-8-14(18)15-9-11/h3-4,6-7,11,13,16-17H,2,5,8-9H2,1H3,(H,15,18). The van der Waals surface area contributed by atoms with Crippen LogP contribution in [0, 0.1) is 0 Å². The number of piperidine rings is 1. The maximum absolute atomic E-state index is 11.1. The Labute approximate surface area is 107 Å². The molecule has 1 fully saturated rings. The van der Waals surface area contributed by atoms with Gasteiger partial charge in [-0.2, -0.15) is 0 Å². The highest BCUT2D eigenvalue weighted by molar-refractivity contribution is 5.76. The second-order valence-electron chi connectivity index (χ2n) is 4.76. The summed E-state index contributed by atoms with van der Waals surface area (Å²) in [5.41, 5.74) is 1.17. The summed E-state index contributed by atoms with van der Waals surface area (Å²) >= 11 is 0. The predicted molar refractivity (Wildman–Crippen MR) is 70.3 cm³/mol. The summed E-state index contributed by atoms with van der Waals surface area (Å²) in [6, 6.07) is 7.91. The summed E-state index contributed by atoms with van der Waals surface area (Å²) in [5, 5.41) is 15.7. The zero-order chi connectivity index (χ0) is 13.0. The Balaban J connectivity index is 1.96. The molecule has 1 aromatic carbocycles. The number of nitrogens with one attached hydrogen (secondary N) is 2. The second kappa shape index (κ2) is 5.87. The summed E-state index contributed by atoms with van der Waals surface area (Å²) in [7, 11) is 0. The van der Waals surface area contributed by atoms with Gasteiger partial charge in [0, 0.05) is 25.0 Å². The molecule has 1 aliphatic heterocycles. The minimum atomic E-state index is 0.144. The molecule has 0 aliphatic carbocycles. The van der Waals surface area contributed by atoms with Crippen LogP contribution in [0.5, 0.6) is 5.75 Å². The molecule has 0 saturated carbocycles. The Morgan fingerprint density at radius 1 is 1.44 bits per heavy atom. The van der Waals surface area contributed by atoms with E-state index >= 15 is 0 Å². The van der Waals surface area contributed by atoms with Gasteiger partial charge in [-0.05, 0) is 30.5 Å². The van der Waals surface area contributed by atoms with E-state index < -0.39 is 0 Å². The fourth-order valence-corrected chi connectivity index (χ4v) is 2.32. The Hall–Kier alpha value is -1.55. The third-order valence-electron chi connectivity index (χ3n) is 3.41. The van der Waals surface area contributed by atoms with Gasteiger partial charge in [-0.3, -0.25) is 4.79 Å². The van der Waals surface area contributed by atoms with E-state index in [9.17, 15) is 9.90 Å². The van der Waals surface area contributed by atoms with Crippen LogP contribution < -0.4 is 10.6 Å². The molecule has 1 heterocycles. The minimum absolute atomic E-state index is 0.144. The smallest absolute Gasteiger partial charge is 0.220 e. The number of rotatable bonds is 4. The summed E-state index contributed by atoms with van der Waals surface area (Å²) in [4.78, 5) is 11.1. The highest BCUT2D eigenvalue weighted by atomic mass is 16.3. The average molecular weight is 248 g/mol. The summed E-state index contributed by atoms with van der Waals surface area (Å²) in [6.45, 7) is 2.83. The second-order valence-corrected chi connectivity index (χ2v) is 4.76. The van der Waals surface area contributed by atoms with Crippen molar-refractivity contribution in [3.8, 4) is 5.75 Å². The van der Waals surface area contributed by atoms with Crippen LogP contribution in [0.2, 0.25) is 0 Å². The predicted octanol–water partition coefficient (Wildman–Crippen LogP) is 1.71. The number of aromatic hydroxyl groups is 1. The van der Waals surface area contributed by atoms with Crippen molar-refractivity contribution < 1.29 is 9.90 Å². The maximum atomic E-state index is 11.1. The normalized spacial score (nSPS) is 21.4. The number of hydrogen-bond donors (Lipinski definition) is 3. The van der Waals surface area contributed by atoms with Gasteiger partial charge in [0.1, 0.15) is 5.75 Å². The quantitative estimate of drug-likeness (QED) is 0.760. The van der Waals surface area contributed by atoms with Gasteiger partial charge in [-0.25, -0.2) is 0 Å². The lowest BCUT2D eigenvalue weighted by Gasteiger charge is -2.28. The number of hydrogen-bond acceptors (Lipinski definition) is 3. The van der Waals surface area contributed by atoms with E-state index in [1.165, 1.54) is 5.56 Å². The molecule has 2 atom stereocenters. The van der Waals surface area contributed by atoms with Gasteiger partial charge in [0.05, 0.1) is 0 Å². The number of phenolic OH excluding ortho intramolecular Hbond substituents is 1. The van der Waals surface area contributed by atoms with Crippen LogP contribution in [-0.2, 0) is 4.79 Å². The van der Waals surface area contributed by atoms with Gasteiger partial charge < -0.3 is 15.7 Å². The maximum Gasteiger partial charge on any atom is 0.220 e. The van der Waals surface area contributed by atoms with Crippen molar-refractivity contribution in [3.05, 3.63) is 29.8 Å². The monoisotopic (exact) mass is 248 g/mol. The van der Waals surface area contributed by atoms with Crippen LogP contribution in [0.3, 0.4) is 0 Å². The summed E-state index contributed by atoms with van der Waals surface area (Å²) < 4.78 is 0. The molecule has 0 aromatic heterocycles. The van der Waals surface area contributed by atoms with Crippen molar-refractivity contribution in [1.82, 2.24) is 10.6 Å². The fourth-order valence-electron chi connectivity index (χ4n) is 2.32. The third kappa shape index (κ3) is 3.23. The Kier molecular flexibility index (Phi) is 4.20. The van der Waals surface area contributed by atoms with Gasteiger partial charge >= 0.3 is 0 Å². The molecule has 1 amide bonds. The highest BCUT2D eigenvalue weighted by Gasteiger charge is 2.20. The Bertz CT molecular complexity index is 393. The molecule has 18 heavy (non-hydrogen) atoms. The summed E-state index contributed by atoms with van der Waals surface area (Å²) in [5.74, 6) is 0.435. The van der Waals surface area contributed by atoms with Gasteiger partial charge in [0.25, 0.3) is 0 Å². The average Bonchev–Trinajstić information content (AvgIpc) is 2.39. The number of benzene rings is 1. The first-order valence-corrected chi connectivity index (χ1v) is 6.50. The molecular formula is C14H20N2O2. The molecule has 1 aliphatic rings. The van der Waals surface area contributed by atoms with Crippen LogP contribution in [0.25, 0.3) is 0 Å². The van der Waals surface area contributed by atoms with Crippen molar-refractivity contribution in [3.63, 3.8) is 0 Å². The van der Waals surface area contributed by atoms with Crippen LogP contribution >= 0.6 is 0 Å². The van der Waals surface area contributed by atoms with Crippen molar-refractivity contribution in [2.75, 3.05) is 6.54 Å². The van der Waals surface area contributed by atoms with Crippen molar-refractivity contribution in [1.29, 1.82) is 0 Å². The molecule has 4 heteroatoms. The topological polar surface area (TPSA) is 61.4 Å². The minimum Gasteiger partial charge on any atom is -0.508 e. The number of carbonyl (C=O) groups excluding carboxylic acids is 1. The highest BCUT2D eigenvalue weighted by Crippen LogP contribution is 2.21. The van der Waals surface area contributed by atoms with E-state index in [4.69, 9.17) is 0 Å². The first kappa shape index (κ1) is 12.9. The first-order valence-electron chi connectivity index (χ1n) is 6.50. The van der Waals surface area contributed by atoms with E-state index in [0.29, 0.717) is 24.8 Å². The van der Waals surface area contributed by atoms with E-state index in [1.54, 1.807) is 12.1 Å². The van der Waals surface area contributed by atoms with E-state index in [0.717, 1.165) is 12.8 Å². The van der Waals surface area contributed by atoms with E-state index in [2.05, 4.69) is 17.6 Å². The molecule has 1 aromatic rings. The molecule has 0 bridgehead atoms. The molecule has 1 saturated heterocycles. The van der Waals surface area contributed by atoms with Crippen molar-refractivity contribution >= 4 is 5.91 Å². The first-order chi connectivity index (χ1) is 8.69. The molecule has 4 nitrogen and oxygen atoms in total. The van der Waals surface area contributed by atoms with Gasteiger partial charge in [0.15, 0.2) is 0 Å². The zero-order valence-corrected chi connectivity index (χ0v) is 10.6. The number of carbonyl (C=O) groups is 1. The summed E-state index contributed by atoms with van der Waals surface area (Å²) in [6.07, 6.45) is 2.47. The molecule has 3 N–H and O–H groups in total. The van der Waals surface area contributed by atoms with Gasteiger partial charge in [-0.1, -0.05) is 19.1 Å². The van der Waals surface area contributed by atoms with Crippen molar-refractivity contribution in [2.45, 2.75) is 38.3 Å². The Morgan fingerprint density at radius 3 is 2.72 bits per heavy atom. The lowest BCUT2D eigenvalue weighted by molar-refractivity contribution is -0.122. The molecule has 0 spiro atoms. The van der Waals surface area contributed by atoms with Crippen LogP contribution in [0.1, 0.15) is 37.8 Å². The number of phenols is 1. The third-order valence-corrected chi connectivity index (χ3v) is 3.41.